The van der Waals surface area contributed by atoms with Gasteiger partial charge in [-0.05, 0) is 12.3 Å². The molecule has 1 aliphatic carbocycles. The van der Waals surface area contributed by atoms with Crippen LogP contribution < -0.4 is 5.14 Å². The van der Waals surface area contributed by atoms with E-state index in [1.165, 1.54) is 0 Å². The van der Waals surface area contributed by atoms with Gasteiger partial charge in [0, 0.05) is 18.6 Å². The summed E-state index contributed by atoms with van der Waals surface area (Å²) in [5.41, 5.74) is 0. The van der Waals surface area contributed by atoms with Crippen molar-refractivity contribution in [1.29, 1.82) is 0 Å². The minimum absolute atomic E-state index is 0.0745. The molecule has 1 aliphatic rings. The maximum absolute atomic E-state index is 12.5. The quantitative estimate of drug-likeness (QED) is 0.683. The van der Waals surface area contributed by atoms with Crippen LogP contribution in [0.2, 0.25) is 0 Å². The monoisotopic (exact) mass is 183 g/mol. The Morgan fingerprint density at radius 1 is 1.64 bits per heavy atom. The highest BCUT2D eigenvalue weighted by Gasteiger charge is 2.39. The van der Waals surface area contributed by atoms with E-state index in [0.717, 1.165) is 0 Å². The minimum Gasteiger partial charge on any atom is -0.252 e. The zero-order valence-corrected chi connectivity index (χ0v) is 6.87. The summed E-state index contributed by atoms with van der Waals surface area (Å²) >= 11 is 0. The Labute approximate surface area is 66.7 Å². The number of rotatable bonds is 2. The molecule has 0 aromatic heterocycles. The first-order valence-corrected chi connectivity index (χ1v) is 4.88. The van der Waals surface area contributed by atoms with E-state index < -0.39 is 16.9 Å². The van der Waals surface area contributed by atoms with Crippen molar-refractivity contribution in [1.82, 2.24) is 0 Å². The van der Waals surface area contributed by atoms with Gasteiger partial charge in [0.2, 0.25) is 5.92 Å². The van der Waals surface area contributed by atoms with Crippen molar-refractivity contribution in [2.45, 2.75) is 25.2 Å². The lowest BCUT2D eigenvalue weighted by Gasteiger charge is -2.07. The van der Waals surface area contributed by atoms with E-state index in [1.54, 1.807) is 0 Å². The maximum atomic E-state index is 12.5. The number of hydrogen-bond acceptors (Lipinski definition) is 1. The number of hydrogen-bond donors (Lipinski definition) is 1. The van der Waals surface area contributed by atoms with Crippen LogP contribution in [0, 0.1) is 5.92 Å². The molecule has 1 fully saturated rings. The van der Waals surface area contributed by atoms with Crippen LogP contribution >= 0.6 is 0 Å². The second-order valence-corrected chi connectivity index (χ2v) is 4.11. The van der Waals surface area contributed by atoms with Gasteiger partial charge in [0.05, 0.1) is 11.0 Å². The van der Waals surface area contributed by atoms with Gasteiger partial charge in [-0.2, -0.15) is 0 Å². The van der Waals surface area contributed by atoms with Gasteiger partial charge in [-0.3, -0.25) is 5.14 Å². The van der Waals surface area contributed by atoms with Crippen molar-refractivity contribution < 1.29 is 13.0 Å². The zero-order valence-electron chi connectivity index (χ0n) is 6.06. The Kier molecular flexibility index (Phi) is 2.59. The minimum atomic E-state index is -2.54. The average molecular weight is 183 g/mol. The van der Waals surface area contributed by atoms with E-state index in [1.807, 2.05) is 0 Å². The molecular weight excluding hydrogens is 172 g/mol. The molecule has 0 spiro atoms. The highest BCUT2D eigenvalue weighted by atomic mass is 32.2. The summed E-state index contributed by atoms with van der Waals surface area (Å²) in [4.78, 5) is 0. The van der Waals surface area contributed by atoms with Crippen LogP contribution in [-0.2, 0) is 11.0 Å². The summed E-state index contributed by atoms with van der Waals surface area (Å²) < 4.78 is 35.5. The van der Waals surface area contributed by atoms with Crippen molar-refractivity contribution in [2.75, 3.05) is 5.75 Å². The van der Waals surface area contributed by atoms with Crippen LogP contribution in [-0.4, -0.2) is 15.9 Å². The Hall–Kier alpha value is -0.0300. The molecule has 0 aromatic carbocycles. The Bertz CT molecular complexity index is 174. The van der Waals surface area contributed by atoms with E-state index in [2.05, 4.69) is 0 Å². The molecular formula is C6H11F2NOS. The van der Waals surface area contributed by atoms with Crippen LogP contribution in [0.5, 0.6) is 0 Å². The second kappa shape index (κ2) is 3.15. The van der Waals surface area contributed by atoms with E-state index >= 15 is 0 Å². The third-order valence-corrected chi connectivity index (χ3v) is 2.71. The normalized spacial score (nSPS) is 32.1. The van der Waals surface area contributed by atoms with Crippen LogP contribution in [0.3, 0.4) is 0 Å². The molecule has 2 atom stereocenters. The Balaban J connectivity index is 2.36. The molecule has 2 N–H and O–H groups in total. The third kappa shape index (κ3) is 2.83. The topological polar surface area (TPSA) is 43.1 Å². The van der Waals surface area contributed by atoms with Gasteiger partial charge < -0.3 is 0 Å². The highest BCUT2D eigenvalue weighted by molar-refractivity contribution is 7.82. The summed E-state index contributed by atoms with van der Waals surface area (Å²) in [5.74, 6) is -2.46. The van der Waals surface area contributed by atoms with E-state index in [-0.39, 0.29) is 24.5 Å². The van der Waals surface area contributed by atoms with Crippen LogP contribution in [0.4, 0.5) is 8.78 Å². The molecule has 0 aromatic rings. The molecule has 1 saturated carbocycles. The number of halogens is 2. The van der Waals surface area contributed by atoms with Gasteiger partial charge in [-0.25, -0.2) is 13.0 Å². The third-order valence-electron chi connectivity index (χ3n) is 1.91. The Morgan fingerprint density at radius 2 is 2.27 bits per heavy atom. The molecule has 2 nitrogen and oxygen atoms in total. The summed E-state index contributed by atoms with van der Waals surface area (Å²) in [6.45, 7) is 0. The SMILES string of the molecule is NS(=O)CC1CCC(F)(F)C1. The molecule has 0 amide bonds. The lowest BCUT2D eigenvalue weighted by Crippen LogP contribution is -2.17. The van der Waals surface area contributed by atoms with Crippen molar-refractivity contribution in [3.63, 3.8) is 0 Å². The zero-order chi connectivity index (χ0) is 8.48. The number of nitrogens with two attached hydrogens (primary N) is 1. The molecule has 0 heterocycles. The van der Waals surface area contributed by atoms with Gasteiger partial charge in [0.25, 0.3) is 0 Å². The fourth-order valence-electron chi connectivity index (χ4n) is 1.42. The number of alkyl halides is 2. The molecule has 66 valence electrons. The van der Waals surface area contributed by atoms with E-state index in [4.69, 9.17) is 5.14 Å². The molecule has 1 rings (SSSR count). The van der Waals surface area contributed by atoms with Gasteiger partial charge >= 0.3 is 0 Å². The summed E-state index contributed by atoms with van der Waals surface area (Å²) in [5, 5.41) is 4.99. The maximum Gasteiger partial charge on any atom is 0.248 e. The van der Waals surface area contributed by atoms with E-state index in [0.29, 0.717) is 6.42 Å². The first-order chi connectivity index (χ1) is 4.99. The Morgan fingerprint density at radius 3 is 2.64 bits per heavy atom. The van der Waals surface area contributed by atoms with Crippen LogP contribution in [0.15, 0.2) is 0 Å². The van der Waals surface area contributed by atoms with Crippen molar-refractivity contribution >= 4 is 11.0 Å². The molecule has 5 heteroatoms. The molecule has 0 bridgehead atoms. The fourth-order valence-corrected chi connectivity index (χ4v) is 2.17. The van der Waals surface area contributed by atoms with Crippen molar-refractivity contribution in [3.8, 4) is 0 Å². The van der Waals surface area contributed by atoms with Crippen molar-refractivity contribution in [3.05, 3.63) is 0 Å². The summed E-state index contributed by atoms with van der Waals surface area (Å²) in [6.07, 6.45) is 0.237. The highest BCUT2D eigenvalue weighted by Crippen LogP contribution is 2.38. The first-order valence-electron chi connectivity index (χ1n) is 3.50. The predicted molar refractivity (Wildman–Crippen MR) is 39.5 cm³/mol. The summed E-state index contributed by atoms with van der Waals surface area (Å²) in [7, 11) is -1.42. The molecule has 0 saturated heterocycles. The van der Waals surface area contributed by atoms with Gasteiger partial charge in [-0.1, -0.05) is 0 Å². The molecule has 0 aliphatic heterocycles. The predicted octanol–water partition coefficient (Wildman–Crippen LogP) is 1.04. The second-order valence-electron chi connectivity index (χ2n) is 3.01. The van der Waals surface area contributed by atoms with Gasteiger partial charge in [0.1, 0.15) is 0 Å². The van der Waals surface area contributed by atoms with Crippen LogP contribution in [0.1, 0.15) is 19.3 Å². The van der Waals surface area contributed by atoms with Gasteiger partial charge in [0.15, 0.2) is 0 Å². The lowest BCUT2D eigenvalue weighted by atomic mass is 10.1. The molecule has 0 radical (unpaired) electrons. The van der Waals surface area contributed by atoms with Crippen LogP contribution in [0.25, 0.3) is 0 Å². The molecule has 11 heavy (non-hydrogen) atoms. The largest absolute Gasteiger partial charge is 0.252 e. The first kappa shape index (κ1) is 9.06. The fraction of sp³-hybridized carbons (Fsp3) is 1.00. The average Bonchev–Trinajstić information content (AvgIpc) is 2.08. The smallest absolute Gasteiger partial charge is 0.248 e. The molecule has 2 unspecified atom stereocenters. The van der Waals surface area contributed by atoms with Crippen molar-refractivity contribution in [2.24, 2.45) is 11.1 Å². The standard InChI is InChI=1S/C6H11F2NOS/c7-6(8)2-1-5(3-6)4-11(9)10/h5H,1-4,9H2. The lowest BCUT2D eigenvalue weighted by molar-refractivity contribution is 0.00594. The van der Waals surface area contributed by atoms with Gasteiger partial charge in [-0.15, -0.1) is 0 Å². The van der Waals surface area contributed by atoms with E-state index in [9.17, 15) is 13.0 Å². The summed E-state index contributed by atoms with van der Waals surface area (Å²) in [6, 6.07) is 0.